The summed E-state index contributed by atoms with van der Waals surface area (Å²) in [4.78, 5) is 27.2. The quantitative estimate of drug-likeness (QED) is 0.442. The van der Waals surface area contributed by atoms with Crippen LogP contribution in [-0.4, -0.2) is 40.1 Å². The molecule has 3 atom stereocenters. The predicted octanol–water partition coefficient (Wildman–Crippen LogP) is 4.49. The van der Waals surface area contributed by atoms with Gasteiger partial charge in [-0.2, -0.15) is 0 Å². The van der Waals surface area contributed by atoms with Crippen molar-refractivity contribution in [3.8, 4) is 16.3 Å². The van der Waals surface area contributed by atoms with Crippen LogP contribution in [0, 0.1) is 23.5 Å². The van der Waals surface area contributed by atoms with E-state index in [1.54, 1.807) is 10.9 Å². The molecule has 2 aromatic heterocycles. The fraction of sp³-hybridized carbons (Fsp3) is 0.481. The van der Waals surface area contributed by atoms with E-state index in [1.807, 2.05) is 19.0 Å². The molecule has 202 valence electrons. The fourth-order valence-electron chi connectivity index (χ4n) is 5.45. The second-order valence-electron chi connectivity index (χ2n) is 10.2. The highest BCUT2D eigenvalue weighted by molar-refractivity contribution is 7.14. The summed E-state index contributed by atoms with van der Waals surface area (Å²) in [5, 5.41) is 14.4. The maximum Gasteiger partial charge on any atom is 0.275 e. The van der Waals surface area contributed by atoms with Crippen LogP contribution < -0.4 is 20.5 Å². The topological polar surface area (TPSA) is 89.3 Å². The normalized spacial score (nSPS) is 22.6. The van der Waals surface area contributed by atoms with Gasteiger partial charge in [0, 0.05) is 31.6 Å². The number of aromatic nitrogens is 3. The molecular formula is C27H31F2N5O3S. The smallest absolute Gasteiger partial charge is 0.275 e. The van der Waals surface area contributed by atoms with Gasteiger partial charge in [0.05, 0.1) is 12.2 Å². The summed E-state index contributed by atoms with van der Waals surface area (Å²) in [6.07, 6.45) is 5.07. The Hall–Kier alpha value is -3.34. The first-order valence-electron chi connectivity index (χ1n) is 12.9. The molecule has 3 heterocycles. The van der Waals surface area contributed by atoms with E-state index in [1.165, 1.54) is 12.1 Å². The summed E-state index contributed by atoms with van der Waals surface area (Å²) >= 11 is 1.15. The molecule has 0 radical (unpaired) electrons. The minimum Gasteiger partial charge on any atom is -0.487 e. The molecule has 0 saturated heterocycles. The molecule has 3 aromatic rings. The number of nitrogens with one attached hydrogen (secondary N) is 1. The Bertz CT molecular complexity index is 1440. The van der Waals surface area contributed by atoms with E-state index in [0.29, 0.717) is 22.5 Å². The fourth-order valence-corrected chi connectivity index (χ4v) is 6.32. The van der Waals surface area contributed by atoms with Crippen LogP contribution in [0.2, 0.25) is 0 Å². The van der Waals surface area contributed by atoms with Gasteiger partial charge in [-0.05, 0) is 36.8 Å². The predicted molar refractivity (Wildman–Crippen MR) is 141 cm³/mol. The van der Waals surface area contributed by atoms with Gasteiger partial charge in [-0.25, -0.2) is 8.78 Å². The summed E-state index contributed by atoms with van der Waals surface area (Å²) in [7, 11) is 1.91. The van der Waals surface area contributed by atoms with Crippen LogP contribution in [-0.2, 0) is 6.42 Å². The van der Waals surface area contributed by atoms with E-state index in [4.69, 9.17) is 4.74 Å². The van der Waals surface area contributed by atoms with Crippen molar-refractivity contribution < 1.29 is 18.3 Å². The first-order valence-corrected chi connectivity index (χ1v) is 13.7. The molecule has 5 rings (SSSR count). The van der Waals surface area contributed by atoms with Crippen molar-refractivity contribution in [3.05, 3.63) is 62.5 Å². The van der Waals surface area contributed by atoms with Gasteiger partial charge < -0.3 is 10.1 Å². The largest absolute Gasteiger partial charge is 0.487 e. The van der Waals surface area contributed by atoms with Gasteiger partial charge in [-0.3, -0.25) is 19.3 Å². The lowest BCUT2D eigenvalue weighted by Crippen LogP contribution is -2.69. The highest BCUT2D eigenvalue weighted by Crippen LogP contribution is 2.43. The van der Waals surface area contributed by atoms with Crippen LogP contribution in [0.5, 0.6) is 5.75 Å². The SMILES string of the molecule is CCCCOc1c2n(cc(-c3nnc(Cc4ccc(F)cc4F)s3)c1=O)N(C)C1(CC[C@H](C)[C@@H]1C)NC2=O. The number of nitrogens with zero attached hydrogens (tertiary/aromatic N) is 4. The van der Waals surface area contributed by atoms with Crippen molar-refractivity contribution in [2.45, 2.75) is 58.5 Å². The summed E-state index contributed by atoms with van der Waals surface area (Å²) < 4.78 is 35.2. The van der Waals surface area contributed by atoms with E-state index in [0.717, 1.165) is 43.1 Å². The summed E-state index contributed by atoms with van der Waals surface area (Å²) in [6, 6.07) is 3.39. The number of ether oxygens (including phenoxy) is 1. The first-order chi connectivity index (χ1) is 18.2. The van der Waals surface area contributed by atoms with Gasteiger partial charge in [0.15, 0.2) is 16.5 Å². The molecule has 1 aromatic carbocycles. The Morgan fingerprint density at radius 3 is 2.71 bits per heavy atom. The number of carbonyl (C=O) groups excluding carboxylic acids is 1. The maximum atomic E-state index is 14.2. The van der Waals surface area contributed by atoms with E-state index in [-0.39, 0.29) is 40.8 Å². The molecule has 1 fully saturated rings. The molecule has 2 aliphatic rings. The molecule has 1 saturated carbocycles. The number of benzene rings is 1. The second kappa shape index (κ2) is 10.1. The summed E-state index contributed by atoms with van der Waals surface area (Å²) in [5.41, 5.74) is -0.354. The molecular weight excluding hydrogens is 512 g/mol. The standard InChI is InChI=1S/C27H31F2N5O3S/c1-5-6-11-37-24-22-25(36)30-27(10-9-15(2)16(27)3)33(4)34(22)14-19(23(24)35)26-32-31-21(38-26)12-17-7-8-18(28)13-20(17)29/h7-8,13-16H,5-6,9-12H2,1-4H3,(H,30,36)/t15-,16-,27?/m0/s1. The third kappa shape index (κ3) is 4.36. The lowest BCUT2D eigenvalue weighted by molar-refractivity contribution is 0.0767. The van der Waals surface area contributed by atoms with Gasteiger partial charge in [0.1, 0.15) is 22.3 Å². The van der Waals surface area contributed by atoms with Crippen LogP contribution in [0.4, 0.5) is 8.78 Å². The molecule has 1 aliphatic heterocycles. The highest BCUT2D eigenvalue weighted by atomic mass is 32.1. The van der Waals surface area contributed by atoms with Crippen molar-refractivity contribution in [2.24, 2.45) is 11.8 Å². The highest BCUT2D eigenvalue weighted by Gasteiger charge is 2.52. The Labute approximate surface area is 223 Å². The van der Waals surface area contributed by atoms with Gasteiger partial charge in [-0.1, -0.05) is 44.6 Å². The lowest BCUT2D eigenvalue weighted by Gasteiger charge is -2.49. The molecule has 38 heavy (non-hydrogen) atoms. The molecule has 1 unspecified atom stereocenters. The minimum absolute atomic E-state index is 0.0184. The number of pyridine rings is 1. The van der Waals surface area contributed by atoms with E-state index in [2.05, 4.69) is 29.4 Å². The van der Waals surface area contributed by atoms with Gasteiger partial charge in [0.25, 0.3) is 5.91 Å². The average molecular weight is 544 g/mol. The zero-order chi connectivity index (χ0) is 27.2. The van der Waals surface area contributed by atoms with Crippen LogP contribution in [0.3, 0.4) is 0 Å². The number of amides is 1. The van der Waals surface area contributed by atoms with Crippen LogP contribution in [0.15, 0.2) is 29.2 Å². The monoisotopic (exact) mass is 543 g/mol. The van der Waals surface area contributed by atoms with Crippen molar-refractivity contribution in [1.82, 2.24) is 20.2 Å². The Morgan fingerprint density at radius 1 is 1.24 bits per heavy atom. The number of unbranched alkanes of at least 4 members (excludes halogenated alkanes) is 1. The van der Waals surface area contributed by atoms with Crippen LogP contribution in [0.1, 0.15) is 67.5 Å². The Kier molecular flexibility index (Phi) is 6.97. The van der Waals surface area contributed by atoms with Gasteiger partial charge in [-0.15, -0.1) is 10.2 Å². The van der Waals surface area contributed by atoms with Crippen molar-refractivity contribution in [3.63, 3.8) is 0 Å². The maximum absolute atomic E-state index is 14.2. The number of fused-ring (bicyclic) bond motifs is 1. The zero-order valence-corrected chi connectivity index (χ0v) is 22.7. The molecule has 1 spiro atoms. The molecule has 8 nitrogen and oxygen atoms in total. The van der Waals surface area contributed by atoms with Crippen molar-refractivity contribution in [2.75, 3.05) is 18.7 Å². The average Bonchev–Trinajstić information content (AvgIpc) is 3.46. The van der Waals surface area contributed by atoms with Crippen LogP contribution in [0.25, 0.3) is 10.6 Å². The number of hydrogen-bond donors (Lipinski definition) is 1. The zero-order valence-electron chi connectivity index (χ0n) is 21.9. The molecule has 1 aliphatic carbocycles. The van der Waals surface area contributed by atoms with Crippen molar-refractivity contribution in [1.29, 1.82) is 0 Å². The molecule has 11 heteroatoms. The number of halogens is 2. The van der Waals surface area contributed by atoms with Gasteiger partial charge >= 0.3 is 0 Å². The third-order valence-corrected chi connectivity index (χ3v) is 8.93. The molecule has 1 N–H and O–H groups in total. The third-order valence-electron chi connectivity index (χ3n) is 7.98. The molecule has 0 bridgehead atoms. The number of carbonyl (C=O) groups is 1. The second-order valence-corrected chi connectivity index (χ2v) is 11.3. The minimum atomic E-state index is -0.667. The number of rotatable bonds is 7. The van der Waals surface area contributed by atoms with Gasteiger partial charge in [0.2, 0.25) is 5.43 Å². The lowest BCUT2D eigenvalue weighted by atomic mass is 9.91. The van der Waals surface area contributed by atoms with Crippen molar-refractivity contribution >= 4 is 17.2 Å². The van der Waals surface area contributed by atoms with E-state index >= 15 is 0 Å². The molecule has 1 amide bonds. The number of hydrogen-bond acceptors (Lipinski definition) is 7. The first kappa shape index (κ1) is 26.3. The Balaban J connectivity index is 1.59. The van der Waals surface area contributed by atoms with E-state index < -0.39 is 22.7 Å². The van der Waals surface area contributed by atoms with E-state index in [9.17, 15) is 18.4 Å². The summed E-state index contributed by atoms with van der Waals surface area (Å²) in [5.74, 6) is -1.09. The Morgan fingerprint density at radius 2 is 2.03 bits per heavy atom. The van der Waals surface area contributed by atoms with Crippen LogP contribution >= 0.6 is 11.3 Å². The summed E-state index contributed by atoms with van der Waals surface area (Å²) in [6.45, 7) is 6.62.